The van der Waals surface area contributed by atoms with Crippen molar-refractivity contribution < 1.29 is 14.7 Å². The highest BCUT2D eigenvalue weighted by Crippen LogP contribution is 2.32. The van der Waals surface area contributed by atoms with E-state index in [0.717, 1.165) is 12.1 Å². The van der Waals surface area contributed by atoms with Gasteiger partial charge in [0.1, 0.15) is 5.75 Å². The van der Waals surface area contributed by atoms with E-state index >= 15 is 0 Å². The van der Waals surface area contributed by atoms with Gasteiger partial charge in [-0.1, -0.05) is 33.8 Å². The van der Waals surface area contributed by atoms with Gasteiger partial charge in [-0.3, -0.25) is 9.59 Å². The molecular formula is C24H32N2O3. The molecule has 0 heterocycles. The van der Waals surface area contributed by atoms with Crippen molar-refractivity contribution >= 4 is 23.1 Å². The summed E-state index contributed by atoms with van der Waals surface area (Å²) < 4.78 is 0. The van der Waals surface area contributed by atoms with Crippen molar-refractivity contribution in [3.05, 3.63) is 53.6 Å². The summed E-state index contributed by atoms with van der Waals surface area (Å²) in [5, 5.41) is 16.4. The molecule has 156 valence electrons. The van der Waals surface area contributed by atoms with Crippen LogP contribution in [0.2, 0.25) is 0 Å². The zero-order valence-electron chi connectivity index (χ0n) is 18.0. The molecule has 2 aromatic carbocycles. The number of aromatic hydroxyl groups is 1. The van der Waals surface area contributed by atoms with Gasteiger partial charge < -0.3 is 15.7 Å². The molecule has 0 radical (unpaired) electrons. The second kappa shape index (κ2) is 9.59. The van der Waals surface area contributed by atoms with Crippen LogP contribution in [0.5, 0.6) is 5.75 Å². The maximum atomic E-state index is 12.9. The molecule has 3 N–H and O–H groups in total. The number of amides is 1. The second-order valence-electron chi connectivity index (χ2n) is 7.82. The van der Waals surface area contributed by atoms with E-state index in [1.165, 1.54) is 12.1 Å². The third kappa shape index (κ3) is 5.37. The van der Waals surface area contributed by atoms with Crippen LogP contribution in [0.1, 0.15) is 74.6 Å². The van der Waals surface area contributed by atoms with Crippen LogP contribution in [0.25, 0.3) is 0 Å². The summed E-state index contributed by atoms with van der Waals surface area (Å²) in [6, 6.07) is 12.2. The van der Waals surface area contributed by atoms with Crippen molar-refractivity contribution in [3.63, 3.8) is 0 Å². The van der Waals surface area contributed by atoms with Crippen molar-refractivity contribution in [3.8, 4) is 5.75 Å². The molecule has 29 heavy (non-hydrogen) atoms. The van der Waals surface area contributed by atoms with E-state index < -0.39 is 11.3 Å². The predicted octanol–water partition coefficient (Wildman–Crippen LogP) is 5.86. The molecule has 5 heteroatoms. The molecule has 1 atom stereocenters. The van der Waals surface area contributed by atoms with E-state index in [2.05, 4.69) is 24.5 Å². The Morgan fingerprint density at radius 2 is 1.69 bits per heavy atom. The minimum absolute atomic E-state index is 0.0173. The van der Waals surface area contributed by atoms with Crippen molar-refractivity contribution in [2.75, 3.05) is 10.6 Å². The maximum absolute atomic E-state index is 12.9. The zero-order chi connectivity index (χ0) is 21.6. The lowest BCUT2D eigenvalue weighted by molar-refractivity contribution is 0.0803. The SMILES string of the molecule is CCC(C)Nc1cccc(NC(=O)c2cc(C(=O)C(C)(CC)CC)ccc2O)c1. The molecule has 0 fully saturated rings. The normalized spacial score (nSPS) is 12.3. The molecule has 0 aliphatic carbocycles. The van der Waals surface area contributed by atoms with Crippen LogP contribution in [-0.2, 0) is 0 Å². The van der Waals surface area contributed by atoms with Crippen molar-refractivity contribution in [2.24, 2.45) is 5.41 Å². The van der Waals surface area contributed by atoms with E-state index in [1.54, 1.807) is 12.1 Å². The van der Waals surface area contributed by atoms with Gasteiger partial charge in [-0.25, -0.2) is 0 Å². The molecule has 5 nitrogen and oxygen atoms in total. The summed E-state index contributed by atoms with van der Waals surface area (Å²) in [4.78, 5) is 25.7. The van der Waals surface area contributed by atoms with Gasteiger partial charge in [0.05, 0.1) is 5.56 Å². The number of anilines is 2. The number of hydrogen-bond donors (Lipinski definition) is 3. The van der Waals surface area contributed by atoms with Gasteiger partial charge >= 0.3 is 0 Å². The highest BCUT2D eigenvalue weighted by Gasteiger charge is 2.30. The Bertz CT molecular complexity index is 872. The minimum atomic E-state index is -0.485. The molecule has 1 amide bonds. The number of carbonyl (C=O) groups is 2. The van der Waals surface area contributed by atoms with Gasteiger partial charge in [0.2, 0.25) is 0 Å². The fourth-order valence-corrected chi connectivity index (χ4v) is 3.05. The lowest BCUT2D eigenvalue weighted by Crippen LogP contribution is -2.26. The number of nitrogens with one attached hydrogen (secondary N) is 2. The van der Waals surface area contributed by atoms with Gasteiger partial charge in [-0.05, 0) is 62.6 Å². The molecule has 0 saturated carbocycles. The highest BCUT2D eigenvalue weighted by atomic mass is 16.3. The zero-order valence-corrected chi connectivity index (χ0v) is 18.0. The molecule has 1 unspecified atom stereocenters. The van der Waals surface area contributed by atoms with Crippen molar-refractivity contribution in [1.82, 2.24) is 0 Å². The lowest BCUT2D eigenvalue weighted by Gasteiger charge is -2.25. The number of ketones is 1. The molecule has 0 saturated heterocycles. The summed E-state index contributed by atoms with van der Waals surface area (Å²) in [6.07, 6.45) is 2.40. The fraction of sp³-hybridized carbons (Fsp3) is 0.417. The third-order valence-corrected chi connectivity index (χ3v) is 5.76. The fourth-order valence-electron chi connectivity index (χ4n) is 3.05. The van der Waals surface area contributed by atoms with Crippen molar-refractivity contribution in [2.45, 2.75) is 59.9 Å². The van der Waals surface area contributed by atoms with Gasteiger partial charge in [0.25, 0.3) is 5.91 Å². The minimum Gasteiger partial charge on any atom is -0.507 e. The lowest BCUT2D eigenvalue weighted by atomic mass is 9.77. The third-order valence-electron chi connectivity index (χ3n) is 5.76. The van der Waals surface area contributed by atoms with E-state index in [0.29, 0.717) is 30.1 Å². The number of rotatable bonds is 9. The highest BCUT2D eigenvalue weighted by molar-refractivity contribution is 6.09. The van der Waals surface area contributed by atoms with E-state index in [4.69, 9.17) is 0 Å². The Labute approximate surface area is 173 Å². The number of carbonyl (C=O) groups excluding carboxylic acids is 2. The smallest absolute Gasteiger partial charge is 0.259 e. The Hall–Kier alpha value is -2.82. The van der Waals surface area contributed by atoms with Gasteiger partial charge in [0, 0.05) is 28.4 Å². The average Bonchev–Trinajstić information content (AvgIpc) is 2.73. The van der Waals surface area contributed by atoms with Crippen LogP contribution in [0, 0.1) is 5.41 Å². The van der Waals surface area contributed by atoms with Gasteiger partial charge in [-0.2, -0.15) is 0 Å². The van der Waals surface area contributed by atoms with E-state index in [9.17, 15) is 14.7 Å². The summed E-state index contributed by atoms with van der Waals surface area (Å²) in [6.45, 7) is 10.1. The summed E-state index contributed by atoms with van der Waals surface area (Å²) in [5.41, 5.74) is 1.57. The molecule has 0 bridgehead atoms. The number of benzene rings is 2. The topological polar surface area (TPSA) is 78.4 Å². The molecule has 0 spiro atoms. The Kier molecular flexibility index (Phi) is 7.43. The van der Waals surface area contributed by atoms with Crippen LogP contribution >= 0.6 is 0 Å². The molecule has 2 aromatic rings. The number of phenolic OH excluding ortho intramolecular Hbond substituents is 1. The number of hydrogen-bond acceptors (Lipinski definition) is 4. The average molecular weight is 397 g/mol. The molecular weight excluding hydrogens is 364 g/mol. The summed E-state index contributed by atoms with van der Waals surface area (Å²) >= 11 is 0. The molecule has 0 aliphatic heterocycles. The standard InChI is InChI=1S/C24H32N2O3/c1-6-16(4)25-18-10-9-11-19(15-18)26-23(29)20-14-17(12-13-21(20)27)22(28)24(5,7-2)8-3/h9-16,25,27H,6-8H2,1-5H3,(H,26,29). The molecule has 0 aromatic heterocycles. The first kappa shape index (κ1) is 22.5. The van der Waals surface area contributed by atoms with Crippen LogP contribution in [0.15, 0.2) is 42.5 Å². The largest absolute Gasteiger partial charge is 0.507 e. The molecule has 2 rings (SSSR count). The Balaban J connectivity index is 2.25. The first-order valence-corrected chi connectivity index (χ1v) is 10.3. The maximum Gasteiger partial charge on any atom is 0.259 e. The number of phenols is 1. The quantitative estimate of drug-likeness (QED) is 0.464. The van der Waals surface area contributed by atoms with Crippen molar-refractivity contribution in [1.29, 1.82) is 0 Å². The predicted molar refractivity (Wildman–Crippen MR) is 119 cm³/mol. The Morgan fingerprint density at radius 3 is 2.31 bits per heavy atom. The monoisotopic (exact) mass is 396 g/mol. The number of Topliss-reactive ketones (excluding diaryl/α,β-unsaturated/α-hetero) is 1. The van der Waals surface area contributed by atoms with Crippen LogP contribution in [-0.4, -0.2) is 22.8 Å². The van der Waals surface area contributed by atoms with Gasteiger partial charge in [-0.15, -0.1) is 0 Å². The Morgan fingerprint density at radius 1 is 1.03 bits per heavy atom. The summed E-state index contributed by atoms with van der Waals surface area (Å²) in [7, 11) is 0. The van der Waals surface area contributed by atoms with Crippen LogP contribution in [0.4, 0.5) is 11.4 Å². The summed E-state index contributed by atoms with van der Waals surface area (Å²) in [5.74, 6) is -0.619. The van der Waals surface area contributed by atoms with Gasteiger partial charge in [0.15, 0.2) is 5.78 Å². The molecule has 0 aliphatic rings. The first-order valence-electron chi connectivity index (χ1n) is 10.3. The first-order chi connectivity index (χ1) is 13.7. The van der Waals surface area contributed by atoms with Crippen LogP contribution in [0.3, 0.4) is 0 Å². The van der Waals surface area contributed by atoms with E-state index in [-0.39, 0.29) is 17.1 Å². The second-order valence-corrected chi connectivity index (χ2v) is 7.82. The van der Waals surface area contributed by atoms with Crippen LogP contribution < -0.4 is 10.6 Å². The van der Waals surface area contributed by atoms with E-state index in [1.807, 2.05) is 39.0 Å².